The van der Waals surface area contributed by atoms with Gasteiger partial charge in [0.15, 0.2) is 17.5 Å². The Hall–Kier alpha value is -4.73. The minimum Gasteiger partial charge on any atom is -0.456 e. The van der Waals surface area contributed by atoms with Gasteiger partial charge in [0.05, 0.1) is 35.6 Å². The standard InChI is InChI=1S/C43H51NO13/c1-8-22(2)37(50)44-31(25-15-11-9-12-16-25)33(48)39(52)55-27-20-43(53)36(56-38(51)26-17-13-10-14-18-26)34-41(7,35(49)32(47)30(23(27)3)40(43,5)6)28(46)19-29-42(34,21-54-29)57-24(4)45/h8-18,27-29,31-34,36,46-48,53H,19-21H2,1-7H3,(H,44,50)/t27-,28+,29+,31+,32-,33-,34-,36+,41-,42+,43+/m1/s1. The molecule has 1 amide bonds. The van der Waals surface area contributed by atoms with E-state index in [-0.39, 0.29) is 29.7 Å². The molecule has 0 unspecified atom stereocenters. The van der Waals surface area contributed by atoms with Crippen molar-refractivity contribution in [1.82, 2.24) is 5.32 Å². The highest BCUT2D eigenvalue weighted by molar-refractivity contribution is 5.95. The van der Waals surface area contributed by atoms with E-state index in [4.69, 9.17) is 18.9 Å². The summed E-state index contributed by atoms with van der Waals surface area (Å²) in [6, 6.07) is 14.9. The lowest BCUT2D eigenvalue weighted by molar-refractivity contribution is -0.346. The second-order valence-electron chi connectivity index (χ2n) is 16.4. The Balaban J connectivity index is 1.50. The third-order valence-corrected chi connectivity index (χ3v) is 13.0. The summed E-state index contributed by atoms with van der Waals surface area (Å²) in [5, 5.41) is 51.7. The fourth-order valence-electron chi connectivity index (χ4n) is 9.51. The number of Topliss-reactive ketones (excluding diaryl/α,β-unsaturated/α-hetero) is 1. The third-order valence-electron chi connectivity index (χ3n) is 13.0. The number of carbonyl (C=O) groups is 5. The highest BCUT2D eigenvalue weighted by Gasteiger charge is 2.78. The van der Waals surface area contributed by atoms with Gasteiger partial charge in [-0.1, -0.05) is 68.5 Å². The number of nitrogens with one attached hydrogen (secondary N) is 1. The second kappa shape index (κ2) is 15.2. The van der Waals surface area contributed by atoms with Gasteiger partial charge < -0.3 is 44.7 Å². The molecule has 6 rings (SSSR count). The number of hydrogen-bond donors (Lipinski definition) is 5. The molecule has 0 aromatic heterocycles. The number of carbonyl (C=O) groups excluding carboxylic acids is 5. The summed E-state index contributed by atoms with van der Waals surface area (Å²) in [5.74, 6) is -5.84. The van der Waals surface area contributed by atoms with Gasteiger partial charge >= 0.3 is 17.9 Å². The van der Waals surface area contributed by atoms with Crippen molar-refractivity contribution in [3.05, 3.63) is 94.6 Å². The highest BCUT2D eigenvalue weighted by Crippen LogP contribution is 2.64. The molecular formula is C43H51NO13. The Morgan fingerprint density at radius 1 is 0.965 bits per heavy atom. The van der Waals surface area contributed by atoms with Gasteiger partial charge in [-0.3, -0.25) is 14.4 Å². The summed E-state index contributed by atoms with van der Waals surface area (Å²) in [5.41, 5.74) is -6.75. The number of fused-ring (bicyclic) bond motifs is 5. The number of esters is 3. The fourth-order valence-corrected chi connectivity index (χ4v) is 9.51. The Morgan fingerprint density at radius 2 is 1.58 bits per heavy atom. The van der Waals surface area contributed by atoms with Gasteiger partial charge in [0, 0.05) is 30.8 Å². The smallest absolute Gasteiger partial charge is 0.338 e. The van der Waals surface area contributed by atoms with Crippen LogP contribution in [0.2, 0.25) is 0 Å². The van der Waals surface area contributed by atoms with Crippen molar-refractivity contribution in [2.75, 3.05) is 6.61 Å². The van der Waals surface area contributed by atoms with Gasteiger partial charge in [-0.15, -0.1) is 0 Å². The van der Waals surface area contributed by atoms with Crippen molar-refractivity contribution in [3.8, 4) is 0 Å². The van der Waals surface area contributed by atoms with Crippen molar-refractivity contribution in [2.45, 2.75) is 115 Å². The first-order chi connectivity index (χ1) is 26.8. The van der Waals surface area contributed by atoms with Gasteiger partial charge in [-0.2, -0.15) is 0 Å². The Bertz CT molecular complexity index is 1990. The lowest BCUT2D eigenvalue weighted by Gasteiger charge is -2.67. The number of aliphatic hydroxyl groups is 4. The topological polar surface area (TPSA) is 215 Å². The summed E-state index contributed by atoms with van der Waals surface area (Å²) in [6.07, 6.45) is -8.83. The molecule has 57 heavy (non-hydrogen) atoms. The van der Waals surface area contributed by atoms with Gasteiger partial charge in [0.1, 0.15) is 30.0 Å². The number of ketones is 1. The van der Waals surface area contributed by atoms with Crippen LogP contribution in [-0.4, -0.2) is 104 Å². The molecule has 2 bridgehead atoms. The molecule has 14 heteroatoms. The molecule has 14 nitrogen and oxygen atoms in total. The summed E-state index contributed by atoms with van der Waals surface area (Å²) in [6.45, 7) is 10.1. The van der Waals surface area contributed by atoms with Crippen molar-refractivity contribution in [2.24, 2.45) is 16.7 Å². The Morgan fingerprint density at radius 3 is 2.14 bits per heavy atom. The molecule has 2 aromatic rings. The van der Waals surface area contributed by atoms with Crippen LogP contribution in [0.3, 0.4) is 0 Å². The van der Waals surface area contributed by atoms with E-state index in [2.05, 4.69) is 5.32 Å². The van der Waals surface area contributed by atoms with Crippen LogP contribution in [0.25, 0.3) is 0 Å². The minimum atomic E-state index is -2.34. The number of rotatable bonds is 9. The zero-order valence-electron chi connectivity index (χ0n) is 33.1. The molecule has 306 valence electrons. The zero-order valence-corrected chi connectivity index (χ0v) is 33.1. The summed E-state index contributed by atoms with van der Waals surface area (Å²) < 4.78 is 24.1. The Labute approximate surface area is 330 Å². The first-order valence-electron chi connectivity index (χ1n) is 19.0. The van der Waals surface area contributed by atoms with E-state index in [1.807, 2.05) is 0 Å². The molecule has 2 saturated carbocycles. The number of ether oxygens (including phenoxy) is 4. The van der Waals surface area contributed by atoms with E-state index in [1.54, 1.807) is 82.3 Å². The number of aliphatic hydroxyl groups excluding tert-OH is 3. The van der Waals surface area contributed by atoms with Gasteiger partial charge in [0.2, 0.25) is 5.91 Å². The van der Waals surface area contributed by atoms with Crippen LogP contribution in [0, 0.1) is 16.7 Å². The lowest BCUT2D eigenvalue weighted by Crippen LogP contribution is -2.81. The van der Waals surface area contributed by atoms with Gasteiger partial charge in [0.25, 0.3) is 0 Å². The van der Waals surface area contributed by atoms with E-state index >= 15 is 0 Å². The minimum absolute atomic E-state index is 0.0497. The molecule has 2 aromatic carbocycles. The number of amides is 1. The number of hydrogen-bond acceptors (Lipinski definition) is 13. The molecule has 11 atom stereocenters. The molecule has 3 aliphatic carbocycles. The van der Waals surface area contributed by atoms with Crippen LogP contribution in [0.15, 0.2) is 83.5 Å². The maximum Gasteiger partial charge on any atom is 0.338 e. The zero-order chi connectivity index (χ0) is 41.8. The van der Waals surface area contributed by atoms with Gasteiger partial charge in [-0.25, -0.2) is 9.59 Å². The molecule has 0 spiro atoms. The lowest BCUT2D eigenvalue weighted by atomic mass is 9.44. The highest BCUT2D eigenvalue weighted by atomic mass is 16.6. The predicted molar refractivity (Wildman–Crippen MR) is 202 cm³/mol. The number of allylic oxidation sites excluding steroid dienone is 1. The summed E-state index contributed by atoms with van der Waals surface area (Å²) in [7, 11) is 0. The van der Waals surface area contributed by atoms with Crippen LogP contribution in [-0.2, 0) is 38.1 Å². The van der Waals surface area contributed by atoms with Crippen LogP contribution >= 0.6 is 0 Å². The van der Waals surface area contributed by atoms with Crippen molar-refractivity contribution in [1.29, 1.82) is 0 Å². The quantitative estimate of drug-likeness (QED) is 0.107. The first-order valence-corrected chi connectivity index (χ1v) is 19.0. The maximum absolute atomic E-state index is 14.9. The van der Waals surface area contributed by atoms with Gasteiger partial charge in [-0.05, 0) is 56.5 Å². The molecule has 3 fully saturated rings. The average molecular weight is 790 g/mol. The van der Waals surface area contributed by atoms with E-state index < -0.39 is 107 Å². The first kappa shape index (κ1) is 41.9. The van der Waals surface area contributed by atoms with E-state index in [1.165, 1.54) is 26.0 Å². The SMILES string of the molecule is CC=C(C)C(=O)N[C@@H](c1ccccc1)[C@@H](O)C(=O)O[C@@H]1C[C@]2(O)[C@@H](OC(=O)c3ccccc3)[C@H]3[C@]4(OC(C)=O)CO[C@H]4C[C@H](O)[C@@]3(C)C(=O)[C@H](O)C(=C1C)C2(C)C. The van der Waals surface area contributed by atoms with Crippen LogP contribution < -0.4 is 5.32 Å². The van der Waals surface area contributed by atoms with E-state index in [9.17, 15) is 44.4 Å². The normalized spacial score (nSPS) is 34.2. The molecule has 1 saturated heterocycles. The molecular weight excluding hydrogens is 738 g/mol. The van der Waals surface area contributed by atoms with Crippen molar-refractivity contribution >= 4 is 29.6 Å². The number of benzene rings is 2. The largest absolute Gasteiger partial charge is 0.456 e. The Kier molecular flexibility index (Phi) is 11.2. The van der Waals surface area contributed by atoms with E-state index in [0.717, 1.165) is 6.92 Å². The fraction of sp³-hybridized carbons (Fsp3) is 0.512. The molecule has 1 heterocycles. The molecule has 4 aliphatic rings. The monoisotopic (exact) mass is 789 g/mol. The van der Waals surface area contributed by atoms with Crippen molar-refractivity contribution < 1.29 is 63.3 Å². The summed E-state index contributed by atoms with van der Waals surface area (Å²) in [4.78, 5) is 68.9. The summed E-state index contributed by atoms with van der Waals surface area (Å²) >= 11 is 0. The third kappa shape index (κ3) is 6.70. The molecule has 0 radical (unpaired) electrons. The second-order valence-corrected chi connectivity index (χ2v) is 16.4. The van der Waals surface area contributed by atoms with Crippen LogP contribution in [0.5, 0.6) is 0 Å². The van der Waals surface area contributed by atoms with Crippen LogP contribution in [0.4, 0.5) is 0 Å². The van der Waals surface area contributed by atoms with Crippen molar-refractivity contribution in [3.63, 3.8) is 0 Å². The average Bonchev–Trinajstić information content (AvgIpc) is 3.18. The predicted octanol–water partition coefficient (Wildman–Crippen LogP) is 2.82. The van der Waals surface area contributed by atoms with Crippen LogP contribution in [0.1, 0.15) is 83.3 Å². The molecule has 1 aliphatic heterocycles. The maximum atomic E-state index is 14.9. The molecule has 5 N–H and O–H groups in total. The van der Waals surface area contributed by atoms with E-state index in [0.29, 0.717) is 11.1 Å².